The van der Waals surface area contributed by atoms with E-state index in [4.69, 9.17) is 4.52 Å². The smallest absolute Gasteiger partial charge is 0.241 e. The average Bonchev–Trinajstić information content (AvgIpc) is 3.22. The highest BCUT2D eigenvalue weighted by Crippen LogP contribution is 2.21. The van der Waals surface area contributed by atoms with Crippen molar-refractivity contribution < 1.29 is 4.52 Å². The van der Waals surface area contributed by atoms with Gasteiger partial charge in [-0.1, -0.05) is 35.5 Å². The third-order valence-corrected chi connectivity index (χ3v) is 5.80. The van der Waals surface area contributed by atoms with Gasteiger partial charge in [0, 0.05) is 49.4 Å². The van der Waals surface area contributed by atoms with Crippen molar-refractivity contribution in [2.24, 2.45) is 0 Å². The second-order valence-electron chi connectivity index (χ2n) is 6.81. The summed E-state index contributed by atoms with van der Waals surface area (Å²) in [7, 11) is 0. The van der Waals surface area contributed by atoms with Gasteiger partial charge in [-0.2, -0.15) is 16.7 Å². The molecular weight excluding hydrogens is 370 g/mol. The van der Waals surface area contributed by atoms with Gasteiger partial charge in [0.15, 0.2) is 0 Å². The Balaban J connectivity index is 1.42. The van der Waals surface area contributed by atoms with Gasteiger partial charge in [-0.15, -0.1) is 0 Å². The molecule has 1 fully saturated rings. The molecule has 0 unspecified atom stereocenters. The molecule has 0 N–H and O–H groups in total. The Morgan fingerprint density at radius 3 is 2.64 bits per heavy atom. The van der Waals surface area contributed by atoms with E-state index >= 15 is 0 Å². The van der Waals surface area contributed by atoms with Crippen LogP contribution in [0.4, 0.5) is 5.82 Å². The Labute approximate surface area is 170 Å². The number of hydrogen-bond donors (Lipinski definition) is 0. The monoisotopic (exact) mass is 395 g/mol. The molecule has 0 radical (unpaired) electrons. The normalized spacial score (nSPS) is 14.9. The highest BCUT2D eigenvalue weighted by Gasteiger charge is 2.16. The minimum Gasteiger partial charge on any atom is -0.353 e. The lowest BCUT2D eigenvalue weighted by atomic mass is 10.2. The lowest BCUT2D eigenvalue weighted by Gasteiger charge is -2.24. The van der Waals surface area contributed by atoms with Gasteiger partial charge >= 0.3 is 0 Å². The number of thioether (sulfide) groups is 1. The Morgan fingerprint density at radius 1 is 1.11 bits per heavy atom. The van der Waals surface area contributed by atoms with Gasteiger partial charge in [0.2, 0.25) is 11.7 Å². The molecule has 0 bridgehead atoms. The molecule has 7 heteroatoms. The standard InChI is InChI=1S/C21H25N5OS/c1-2-26(15-17-6-4-3-5-7-17)19-9-8-18(14-22-19)21-23-20(27-24-21)16-25-10-12-28-13-11-25/h3-9,14H,2,10-13,15-16H2,1H3. The van der Waals surface area contributed by atoms with Crippen LogP contribution in [0.15, 0.2) is 53.2 Å². The van der Waals surface area contributed by atoms with Gasteiger partial charge in [-0.05, 0) is 24.6 Å². The molecule has 2 aromatic heterocycles. The molecular formula is C21H25N5OS. The topological polar surface area (TPSA) is 58.3 Å². The molecule has 4 rings (SSSR count). The van der Waals surface area contributed by atoms with Crippen LogP contribution in [-0.2, 0) is 13.1 Å². The molecule has 6 nitrogen and oxygen atoms in total. The maximum atomic E-state index is 5.45. The zero-order chi connectivity index (χ0) is 19.2. The molecule has 1 aliphatic rings. The van der Waals surface area contributed by atoms with Crippen molar-refractivity contribution in [3.63, 3.8) is 0 Å². The summed E-state index contributed by atoms with van der Waals surface area (Å²) in [4.78, 5) is 13.8. The fourth-order valence-electron chi connectivity index (χ4n) is 3.25. The highest BCUT2D eigenvalue weighted by atomic mass is 32.2. The van der Waals surface area contributed by atoms with Crippen LogP contribution in [0, 0.1) is 0 Å². The van der Waals surface area contributed by atoms with E-state index in [9.17, 15) is 0 Å². The second-order valence-corrected chi connectivity index (χ2v) is 8.03. The first-order valence-electron chi connectivity index (χ1n) is 9.70. The van der Waals surface area contributed by atoms with Crippen LogP contribution >= 0.6 is 11.8 Å². The van der Waals surface area contributed by atoms with Crippen LogP contribution in [0.1, 0.15) is 18.4 Å². The van der Waals surface area contributed by atoms with Crippen LogP contribution in [-0.4, -0.2) is 51.2 Å². The quantitative estimate of drug-likeness (QED) is 0.604. The Morgan fingerprint density at radius 2 is 1.93 bits per heavy atom. The van der Waals surface area contributed by atoms with E-state index in [-0.39, 0.29) is 0 Å². The van der Waals surface area contributed by atoms with Crippen LogP contribution in [0.25, 0.3) is 11.4 Å². The number of pyridine rings is 1. The summed E-state index contributed by atoms with van der Waals surface area (Å²) in [5, 5.41) is 4.14. The summed E-state index contributed by atoms with van der Waals surface area (Å²) in [5.41, 5.74) is 2.15. The van der Waals surface area contributed by atoms with Crippen LogP contribution in [0.2, 0.25) is 0 Å². The largest absolute Gasteiger partial charge is 0.353 e. The molecule has 3 aromatic rings. The van der Waals surface area contributed by atoms with E-state index in [1.54, 1.807) is 0 Å². The number of nitrogens with zero attached hydrogens (tertiary/aromatic N) is 5. The maximum Gasteiger partial charge on any atom is 0.241 e. The number of benzene rings is 1. The number of aromatic nitrogens is 3. The molecule has 0 atom stereocenters. The Bertz CT molecular complexity index is 862. The molecule has 0 amide bonds. The summed E-state index contributed by atoms with van der Waals surface area (Å²) in [6.45, 7) is 6.74. The van der Waals surface area contributed by atoms with Crippen molar-refractivity contribution in [3.8, 4) is 11.4 Å². The first-order chi connectivity index (χ1) is 13.8. The van der Waals surface area contributed by atoms with Gasteiger partial charge in [0.1, 0.15) is 5.82 Å². The summed E-state index contributed by atoms with van der Waals surface area (Å²) in [6.07, 6.45) is 1.83. The summed E-state index contributed by atoms with van der Waals surface area (Å²) in [6, 6.07) is 14.5. The third kappa shape index (κ3) is 4.72. The minimum atomic E-state index is 0.603. The zero-order valence-electron chi connectivity index (χ0n) is 16.1. The molecule has 146 valence electrons. The van der Waals surface area contributed by atoms with Crippen LogP contribution in [0.3, 0.4) is 0 Å². The van der Waals surface area contributed by atoms with Crippen molar-refractivity contribution in [2.45, 2.75) is 20.0 Å². The average molecular weight is 396 g/mol. The molecule has 28 heavy (non-hydrogen) atoms. The number of rotatable bonds is 7. The molecule has 1 aromatic carbocycles. The van der Waals surface area contributed by atoms with E-state index < -0.39 is 0 Å². The minimum absolute atomic E-state index is 0.603. The van der Waals surface area contributed by atoms with E-state index in [0.717, 1.165) is 44.1 Å². The molecule has 3 heterocycles. The summed E-state index contributed by atoms with van der Waals surface area (Å²) < 4.78 is 5.45. The van der Waals surface area contributed by atoms with Gasteiger partial charge in [0.25, 0.3) is 0 Å². The Hall–Kier alpha value is -2.38. The van der Waals surface area contributed by atoms with Crippen molar-refractivity contribution in [2.75, 3.05) is 36.0 Å². The van der Waals surface area contributed by atoms with E-state index in [1.165, 1.54) is 17.1 Å². The second kappa shape index (κ2) is 9.21. The fraction of sp³-hybridized carbons (Fsp3) is 0.381. The van der Waals surface area contributed by atoms with Crippen molar-refractivity contribution in [1.29, 1.82) is 0 Å². The first-order valence-corrected chi connectivity index (χ1v) is 10.9. The first kappa shape index (κ1) is 19.0. The number of anilines is 1. The van der Waals surface area contributed by atoms with Crippen molar-refractivity contribution >= 4 is 17.6 Å². The van der Waals surface area contributed by atoms with Crippen molar-refractivity contribution in [3.05, 3.63) is 60.1 Å². The lowest BCUT2D eigenvalue weighted by molar-refractivity contribution is 0.245. The third-order valence-electron chi connectivity index (χ3n) is 4.86. The Kier molecular flexibility index (Phi) is 6.24. The van der Waals surface area contributed by atoms with Gasteiger partial charge in [-0.25, -0.2) is 4.98 Å². The molecule has 0 spiro atoms. The molecule has 0 aliphatic carbocycles. The fourth-order valence-corrected chi connectivity index (χ4v) is 4.23. The predicted octanol–water partition coefficient (Wildman–Crippen LogP) is 3.71. The van der Waals surface area contributed by atoms with Crippen LogP contribution < -0.4 is 4.90 Å². The van der Waals surface area contributed by atoms with Crippen molar-refractivity contribution in [1.82, 2.24) is 20.0 Å². The van der Waals surface area contributed by atoms with Gasteiger partial charge < -0.3 is 9.42 Å². The highest BCUT2D eigenvalue weighted by molar-refractivity contribution is 7.99. The van der Waals surface area contributed by atoms with E-state index in [1.807, 2.05) is 36.2 Å². The van der Waals surface area contributed by atoms with Gasteiger partial charge in [0.05, 0.1) is 6.54 Å². The zero-order valence-corrected chi connectivity index (χ0v) is 16.9. The molecule has 1 aliphatic heterocycles. The van der Waals surface area contributed by atoms with Crippen LogP contribution in [0.5, 0.6) is 0 Å². The lowest BCUT2D eigenvalue weighted by Crippen LogP contribution is -2.32. The summed E-state index contributed by atoms with van der Waals surface area (Å²) in [5.74, 6) is 4.56. The summed E-state index contributed by atoms with van der Waals surface area (Å²) >= 11 is 2.00. The van der Waals surface area contributed by atoms with Gasteiger partial charge in [-0.3, -0.25) is 4.90 Å². The maximum absolute atomic E-state index is 5.45. The molecule has 1 saturated heterocycles. The predicted molar refractivity (Wildman–Crippen MR) is 113 cm³/mol. The van der Waals surface area contributed by atoms with E-state index in [2.05, 4.69) is 56.1 Å². The SMILES string of the molecule is CCN(Cc1ccccc1)c1ccc(-c2noc(CN3CCSCC3)n2)cn1. The molecule has 0 saturated carbocycles. The number of hydrogen-bond acceptors (Lipinski definition) is 7. The van der Waals surface area contributed by atoms with E-state index in [0.29, 0.717) is 11.7 Å².